The Bertz CT molecular complexity index is 176. The summed E-state index contributed by atoms with van der Waals surface area (Å²) in [4.78, 5) is 0. The zero-order chi connectivity index (χ0) is 15.1. The molecule has 0 rings (SSSR count). The number of hydrogen-bond donors (Lipinski definition) is 0. The first kappa shape index (κ1) is 20.6. The van der Waals surface area contributed by atoms with Crippen LogP contribution in [0.15, 0.2) is 0 Å². The lowest BCUT2D eigenvalue weighted by atomic mass is 9.92. The fourth-order valence-corrected chi connectivity index (χ4v) is 4.92. The highest BCUT2D eigenvalue weighted by atomic mass is 33.1. The van der Waals surface area contributed by atoms with E-state index in [4.69, 9.17) is 0 Å². The second kappa shape index (κ2) is 16.0. The smallest absolute Gasteiger partial charge is 0.102 e. The first-order valence-corrected chi connectivity index (χ1v) is 11.0. The molecular weight excluding hydrogens is 287 g/mol. The minimum absolute atomic E-state index is 0.149. The van der Waals surface area contributed by atoms with Crippen molar-refractivity contribution in [1.82, 2.24) is 0 Å². The van der Waals surface area contributed by atoms with Gasteiger partial charge in [-0.2, -0.15) is 0 Å². The Hall–Kier alpha value is 0.630. The average molecular weight is 323 g/mol. The summed E-state index contributed by atoms with van der Waals surface area (Å²) in [5.41, 5.74) is 0. The minimum atomic E-state index is -0.149. The van der Waals surface area contributed by atoms with E-state index >= 15 is 0 Å². The molecule has 0 radical (unpaired) electrons. The standard InChI is InChI=1S/C17H35FS2/c1-4-7-9-11-13-16(14-12-10-8-5-2)17(15-18)20-19-6-3/h16-17H,4-15H2,1-3H3/t17-/m0/s1. The van der Waals surface area contributed by atoms with E-state index in [2.05, 4.69) is 20.8 Å². The summed E-state index contributed by atoms with van der Waals surface area (Å²) < 4.78 is 13.3. The lowest BCUT2D eigenvalue weighted by molar-refractivity contribution is 0.345. The molecule has 0 aromatic carbocycles. The van der Waals surface area contributed by atoms with Gasteiger partial charge in [-0.15, -0.1) is 0 Å². The maximum absolute atomic E-state index is 13.3. The maximum atomic E-state index is 13.3. The second-order valence-electron chi connectivity index (χ2n) is 5.65. The van der Waals surface area contributed by atoms with Gasteiger partial charge in [0, 0.05) is 11.0 Å². The van der Waals surface area contributed by atoms with E-state index in [-0.39, 0.29) is 11.9 Å². The van der Waals surface area contributed by atoms with Crippen LogP contribution in [0.25, 0.3) is 0 Å². The molecule has 0 nitrogen and oxygen atoms in total. The highest BCUT2D eigenvalue weighted by Crippen LogP contribution is 2.36. The van der Waals surface area contributed by atoms with Crippen molar-refractivity contribution in [1.29, 1.82) is 0 Å². The molecule has 1 atom stereocenters. The molecule has 0 aromatic rings. The Labute approximate surface area is 134 Å². The number of alkyl halides is 1. The molecule has 0 heterocycles. The van der Waals surface area contributed by atoms with Gasteiger partial charge >= 0.3 is 0 Å². The molecule has 0 bridgehead atoms. The van der Waals surface area contributed by atoms with Crippen LogP contribution in [-0.2, 0) is 0 Å². The zero-order valence-electron chi connectivity index (χ0n) is 13.8. The van der Waals surface area contributed by atoms with Crippen molar-refractivity contribution in [3.8, 4) is 0 Å². The Kier molecular flexibility index (Phi) is 16.5. The van der Waals surface area contributed by atoms with E-state index in [1.807, 2.05) is 10.8 Å². The molecule has 3 heteroatoms. The Morgan fingerprint density at radius 2 is 1.35 bits per heavy atom. The van der Waals surface area contributed by atoms with E-state index in [0.29, 0.717) is 5.92 Å². The molecule has 0 aliphatic carbocycles. The van der Waals surface area contributed by atoms with Crippen LogP contribution in [0.2, 0.25) is 0 Å². The molecule has 122 valence electrons. The van der Waals surface area contributed by atoms with E-state index in [1.165, 1.54) is 64.2 Å². The largest absolute Gasteiger partial charge is 0.250 e. The minimum Gasteiger partial charge on any atom is -0.250 e. The summed E-state index contributed by atoms with van der Waals surface area (Å²) in [5.74, 6) is 1.68. The fraction of sp³-hybridized carbons (Fsp3) is 1.00. The molecule has 0 unspecified atom stereocenters. The van der Waals surface area contributed by atoms with Crippen LogP contribution >= 0.6 is 21.6 Å². The summed E-state index contributed by atoms with van der Waals surface area (Å²) in [6.07, 6.45) is 12.9. The van der Waals surface area contributed by atoms with Gasteiger partial charge in [-0.3, -0.25) is 0 Å². The van der Waals surface area contributed by atoms with Crippen LogP contribution in [0.4, 0.5) is 4.39 Å². The van der Waals surface area contributed by atoms with Gasteiger partial charge in [0.15, 0.2) is 0 Å². The topological polar surface area (TPSA) is 0 Å². The monoisotopic (exact) mass is 322 g/mol. The lowest BCUT2D eigenvalue weighted by Crippen LogP contribution is -2.19. The van der Waals surface area contributed by atoms with Gasteiger partial charge in [0.2, 0.25) is 0 Å². The van der Waals surface area contributed by atoms with Gasteiger partial charge in [0.1, 0.15) is 6.67 Å². The second-order valence-corrected chi connectivity index (χ2v) is 8.55. The Morgan fingerprint density at radius 1 is 0.800 bits per heavy atom. The van der Waals surface area contributed by atoms with Gasteiger partial charge in [-0.05, 0) is 18.8 Å². The molecule has 0 saturated heterocycles. The number of halogens is 1. The maximum Gasteiger partial charge on any atom is 0.102 e. The zero-order valence-corrected chi connectivity index (χ0v) is 15.5. The van der Waals surface area contributed by atoms with Crippen molar-refractivity contribution in [3.63, 3.8) is 0 Å². The molecule has 0 N–H and O–H groups in total. The first-order valence-electron chi connectivity index (χ1n) is 8.64. The van der Waals surface area contributed by atoms with Crippen LogP contribution in [0, 0.1) is 5.92 Å². The van der Waals surface area contributed by atoms with E-state index in [1.54, 1.807) is 10.8 Å². The van der Waals surface area contributed by atoms with Gasteiger partial charge in [0.25, 0.3) is 0 Å². The van der Waals surface area contributed by atoms with E-state index in [9.17, 15) is 4.39 Å². The molecule has 0 saturated carbocycles. The normalized spacial score (nSPS) is 13.1. The van der Waals surface area contributed by atoms with Crippen LogP contribution < -0.4 is 0 Å². The number of unbranched alkanes of at least 4 members (excludes halogenated alkanes) is 6. The van der Waals surface area contributed by atoms with Crippen LogP contribution in [-0.4, -0.2) is 17.7 Å². The number of rotatable bonds is 15. The summed E-state index contributed by atoms with van der Waals surface area (Å²) in [5, 5.41) is 0.225. The van der Waals surface area contributed by atoms with Crippen molar-refractivity contribution in [3.05, 3.63) is 0 Å². The highest BCUT2D eigenvalue weighted by Gasteiger charge is 2.21. The SMILES string of the molecule is CCCCCCC(CCCCCC)[C@H](CF)SSCC. The predicted octanol–water partition coefficient (Wildman–Crippen LogP) is 7.28. The quantitative estimate of drug-likeness (QED) is 0.229. The van der Waals surface area contributed by atoms with Crippen LogP contribution in [0.1, 0.15) is 85.0 Å². The average Bonchev–Trinajstić information content (AvgIpc) is 2.47. The van der Waals surface area contributed by atoms with Crippen LogP contribution in [0.5, 0.6) is 0 Å². The summed E-state index contributed by atoms with van der Waals surface area (Å²) in [6.45, 7) is 6.51. The van der Waals surface area contributed by atoms with Crippen molar-refractivity contribution in [2.24, 2.45) is 5.92 Å². The third-order valence-corrected chi connectivity index (χ3v) is 6.83. The molecule has 20 heavy (non-hydrogen) atoms. The van der Waals surface area contributed by atoms with Gasteiger partial charge in [-0.25, -0.2) is 4.39 Å². The molecule has 0 aromatic heterocycles. The third kappa shape index (κ3) is 11.3. The van der Waals surface area contributed by atoms with Crippen molar-refractivity contribution in [2.75, 3.05) is 12.4 Å². The summed E-state index contributed by atoms with van der Waals surface area (Å²) in [6, 6.07) is 0. The Morgan fingerprint density at radius 3 is 1.75 bits per heavy atom. The van der Waals surface area contributed by atoms with Crippen molar-refractivity contribution in [2.45, 2.75) is 90.2 Å². The molecule has 0 spiro atoms. The van der Waals surface area contributed by atoms with Crippen LogP contribution in [0.3, 0.4) is 0 Å². The summed E-state index contributed by atoms with van der Waals surface area (Å²) in [7, 11) is 3.63. The van der Waals surface area contributed by atoms with Crippen molar-refractivity contribution >= 4 is 21.6 Å². The van der Waals surface area contributed by atoms with Gasteiger partial charge in [0.05, 0.1) is 0 Å². The van der Waals surface area contributed by atoms with Gasteiger partial charge in [-0.1, -0.05) is 93.7 Å². The molecule has 0 fully saturated rings. The molecule has 0 aliphatic heterocycles. The van der Waals surface area contributed by atoms with E-state index in [0.717, 1.165) is 5.75 Å². The van der Waals surface area contributed by atoms with Crippen molar-refractivity contribution < 1.29 is 4.39 Å². The lowest BCUT2D eigenvalue weighted by Gasteiger charge is -2.24. The molecule has 0 aliphatic rings. The highest BCUT2D eigenvalue weighted by molar-refractivity contribution is 8.76. The molecule has 0 amide bonds. The Balaban J connectivity index is 4.11. The molecular formula is C17H35FS2. The fourth-order valence-electron chi connectivity index (χ4n) is 2.57. The number of hydrogen-bond acceptors (Lipinski definition) is 2. The predicted molar refractivity (Wildman–Crippen MR) is 96.5 cm³/mol. The van der Waals surface area contributed by atoms with Gasteiger partial charge < -0.3 is 0 Å². The summed E-state index contributed by atoms with van der Waals surface area (Å²) >= 11 is 0. The third-order valence-electron chi connectivity index (χ3n) is 3.84. The first-order chi connectivity index (χ1) is 9.79. The van der Waals surface area contributed by atoms with E-state index < -0.39 is 0 Å².